The largest absolute Gasteiger partial charge is 0.237 e. The van der Waals surface area contributed by atoms with Crippen molar-refractivity contribution in [2.24, 2.45) is 0 Å². The summed E-state index contributed by atoms with van der Waals surface area (Å²) in [5.41, 5.74) is 6.33. The van der Waals surface area contributed by atoms with Crippen molar-refractivity contribution >= 4 is 10.8 Å². The Kier molecular flexibility index (Phi) is 2.25. The molecule has 0 unspecified atom stereocenters. The maximum absolute atomic E-state index is 4.42. The predicted molar refractivity (Wildman–Crippen MR) is 89.4 cm³/mol. The molecule has 0 spiro atoms. The lowest BCUT2D eigenvalue weighted by Gasteiger charge is -2.07. The molecule has 1 aliphatic carbocycles. The molecule has 0 saturated heterocycles. The highest BCUT2D eigenvalue weighted by Crippen LogP contribution is 2.48. The Balaban J connectivity index is 1.92. The number of rotatable bonds is 1. The normalized spacial score (nSPS) is 11.6. The summed E-state index contributed by atoms with van der Waals surface area (Å²) in [6, 6.07) is 21.3. The van der Waals surface area contributed by atoms with Crippen molar-refractivity contribution in [2.75, 3.05) is 0 Å². The van der Waals surface area contributed by atoms with Crippen molar-refractivity contribution in [3.05, 3.63) is 73.1 Å². The Hall–Kier alpha value is -3.00. The molecule has 22 heavy (non-hydrogen) atoms. The monoisotopic (exact) mass is 280 g/mol. The van der Waals surface area contributed by atoms with E-state index in [1.807, 2.05) is 6.07 Å². The summed E-state index contributed by atoms with van der Waals surface area (Å²) >= 11 is 0. The van der Waals surface area contributed by atoms with E-state index in [-0.39, 0.29) is 0 Å². The number of hydrogen-bond donors (Lipinski definition) is 0. The van der Waals surface area contributed by atoms with Crippen molar-refractivity contribution in [1.82, 2.24) is 9.97 Å². The number of hydrogen-bond acceptors (Lipinski definition) is 2. The summed E-state index contributed by atoms with van der Waals surface area (Å²) in [7, 11) is 0. The first-order valence-electron chi connectivity index (χ1n) is 7.36. The zero-order valence-corrected chi connectivity index (χ0v) is 11.8. The molecule has 1 aliphatic rings. The molecule has 2 nitrogen and oxygen atoms in total. The van der Waals surface area contributed by atoms with Crippen LogP contribution in [0, 0.1) is 0 Å². The van der Waals surface area contributed by atoms with Crippen molar-refractivity contribution in [3.63, 3.8) is 0 Å². The summed E-state index contributed by atoms with van der Waals surface area (Å²) in [5.74, 6) is 0.780. The Morgan fingerprint density at radius 1 is 0.500 bits per heavy atom. The van der Waals surface area contributed by atoms with E-state index in [1.165, 1.54) is 33.0 Å². The van der Waals surface area contributed by atoms with Crippen LogP contribution >= 0.6 is 0 Å². The maximum Gasteiger partial charge on any atom is 0.159 e. The van der Waals surface area contributed by atoms with Gasteiger partial charge in [-0.1, -0.05) is 48.5 Å². The molecule has 4 aromatic rings. The second-order valence-corrected chi connectivity index (χ2v) is 5.51. The summed E-state index contributed by atoms with van der Waals surface area (Å²) in [5, 5.41) is 2.53. The zero-order valence-electron chi connectivity index (χ0n) is 11.8. The highest BCUT2D eigenvalue weighted by Gasteiger charge is 2.22. The minimum absolute atomic E-state index is 0.780. The molecule has 0 aliphatic heterocycles. The average molecular weight is 280 g/mol. The molecule has 1 aromatic heterocycles. The van der Waals surface area contributed by atoms with Gasteiger partial charge in [-0.25, -0.2) is 9.97 Å². The third-order valence-electron chi connectivity index (χ3n) is 4.35. The van der Waals surface area contributed by atoms with E-state index in [0.717, 1.165) is 11.4 Å². The molecule has 0 N–H and O–H groups in total. The van der Waals surface area contributed by atoms with Crippen molar-refractivity contribution in [2.45, 2.75) is 0 Å². The fourth-order valence-corrected chi connectivity index (χ4v) is 3.44. The molecule has 1 heterocycles. The smallest absolute Gasteiger partial charge is 0.159 e. The molecule has 0 atom stereocenters. The van der Waals surface area contributed by atoms with Gasteiger partial charge < -0.3 is 0 Å². The van der Waals surface area contributed by atoms with Crippen molar-refractivity contribution in [1.29, 1.82) is 0 Å². The van der Waals surface area contributed by atoms with Crippen LogP contribution < -0.4 is 0 Å². The molecule has 5 rings (SSSR count). The van der Waals surface area contributed by atoms with E-state index in [1.54, 1.807) is 12.4 Å². The van der Waals surface area contributed by atoms with Crippen LogP contribution in [0.15, 0.2) is 73.1 Å². The number of aromatic nitrogens is 2. The van der Waals surface area contributed by atoms with Gasteiger partial charge in [-0.05, 0) is 45.2 Å². The molecule has 0 fully saturated rings. The molecule has 2 heteroatoms. The van der Waals surface area contributed by atoms with Crippen LogP contribution in [0.3, 0.4) is 0 Å². The molecular formula is C20H12N2. The van der Waals surface area contributed by atoms with Gasteiger partial charge in [0.05, 0.1) is 0 Å². The molecule has 0 bridgehead atoms. The predicted octanol–water partition coefficient (Wildman–Crippen LogP) is 4.94. The Bertz CT molecular complexity index is 991. The summed E-state index contributed by atoms with van der Waals surface area (Å²) in [6.45, 7) is 0. The van der Waals surface area contributed by atoms with Crippen LogP contribution in [-0.2, 0) is 0 Å². The lowest BCUT2D eigenvalue weighted by Crippen LogP contribution is -1.89. The van der Waals surface area contributed by atoms with Gasteiger partial charge in [0.2, 0.25) is 0 Å². The van der Waals surface area contributed by atoms with Crippen molar-refractivity contribution < 1.29 is 0 Å². The Morgan fingerprint density at radius 3 is 1.91 bits per heavy atom. The third-order valence-corrected chi connectivity index (χ3v) is 4.35. The van der Waals surface area contributed by atoms with E-state index in [9.17, 15) is 0 Å². The van der Waals surface area contributed by atoms with Gasteiger partial charge in [-0.15, -0.1) is 0 Å². The van der Waals surface area contributed by atoms with Gasteiger partial charge in [-0.2, -0.15) is 0 Å². The molecule has 0 amide bonds. The van der Waals surface area contributed by atoms with E-state index >= 15 is 0 Å². The van der Waals surface area contributed by atoms with Crippen LogP contribution in [0.2, 0.25) is 0 Å². The number of fused-ring (bicyclic) bond motifs is 3. The molecule has 102 valence electrons. The molecule has 0 radical (unpaired) electrons. The fourth-order valence-electron chi connectivity index (χ4n) is 3.44. The zero-order chi connectivity index (χ0) is 14.5. The lowest BCUT2D eigenvalue weighted by atomic mass is 9.98. The second kappa shape index (κ2) is 4.25. The Morgan fingerprint density at radius 2 is 1.14 bits per heavy atom. The fraction of sp³-hybridized carbons (Fsp3) is 0. The minimum atomic E-state index is 0.780. The third kappa shape index (κ3) is 1.44. The Labute approximate surface area is 128 Å². The van der Waals surface area contributed by atoms with Gasteiger partial charge in [-0.3, -0.25) is 0 Å². The second-order valence-electron chi connectivity index (χ2n) is 5.51. The summed E-state index contributed by atoms with van der Waals surface area (Å²) < 4.78 is 0. The topological polar surface area (TPSA) is 25.8 Å². The van der Waals surface area contributed by atoms with E-state index in [0.29, 0.717) is 0 Å². The van der Waals surface area contributed by atoms with E-state index in [2.05, 4.69) is 64.6 Å². The lowest BCUT2D eigenvalue weighted by molar-refractivity contribution is 1.18. The minimum Gasteiger partial charge on any atom is -0.237 e. The summed E-state index contributed by atoms with van der Waals surface area (Å²) in [4.78, 5) is 8.83. The first-order chi connectivity index (χ1) is 10.9. The van der Waals surface area contributed by atoms with Crippen molar-refractivity contribution in [3.8, 4) is 33.6 Å². The first-order valence-corrected chi connectivity index (χ1v) is 7.36. The van der Waals surface area contributed by atoms with Crippen LogP contribution in [-0.4, -0.2) is 9.97 Å². The van der Waals surface area contributed by atoms with Gasteiger partial charge >= 0.3 is 0 Å². The standard InChI is InChI=1S/C20H12N2/c1-2-6-14-13(5-1)15-7-3-8-16-18(10-9-17(14)19(15)16)20-21-11-4-12-22-20/h1-12H. The molecule has 0 saturated carbocycles. The first kappa shape index (κ1) is 11.6. The van der Waals surface area contributed by atoms with Gasteiger partial charge in [0, 0.05) is 18.0 Å². The number of nitrogens with zero attached hydrogens (tertiary/aromatic N) is 2. The van der Waals surface area contributed by atoms with E-state index in [4.69, 9.17) is 0 Å². The quantitative estimate of drug-likeness (QED) is 0.434. The average Bonchev–Trinajstić information content (AvgIpc) is 2.93. The van der Waals surface area contributed by atoms with Crippen LogP contribution in [0.5, 0.6) is 0 Å². The van der Waals surface area contributed by atoms with Gasteiger partial charge in [0.25, 0.3) is 0 Å². The number of benzene rings is 3. The van der Waals surface area contributed by atoms with E-state index < -0.39 is 0 Å². The molecule has 3 aromatic carbocycles. The maximum atomic E-state index is 4.42. The highest BCUT2D eigenvalue weighted by molar-refractivity contribution is 6.18. The molecular weight excluding hydrogens is 268 g/mol. The van der Waals surface area contributed by atoms with Gasteiger partial charge in [0.15, 0.2) is 5.82 Å². The van der Waals surface area contributed by atoms with Crippen LogP contribution in [0.4, 0.5) is 0 Å². The summed E-state index contributed by atoms with van der Waals surface area (Å²) in [6.07, 6.45) is 3.58. The SMILES string of the molecule is c1cnc(-c2ccc3c4c(cccc24)-c2ccccc2-3)nc1. The van der Waals surface area contributed by atoms with Crippen LogP contribution in [0.25, 0.3) is 44.4 Å². The van der Waals surface area contributed by atoms with Gasteiger partial charge in [0.1, 0.15) is 0 Å². The van der Waals surface area contributed by atoms with Crippen LogP contribution in [0.1, 0.15) is 0 Å². The highest BCUT2D eigenvalue weighted by atomic mass is 14.8.